The number of fused-ring (bicyclic) bond motifs is 1. The molecule has 0 aliphatic heterocycles. The van der Waals surface area contributed by atoms with Crippen LogP contribution in [0.15, 0.2) is 54.9 Å². The molecule has 21 heavy (non-hydrogen) atoms. The van der Waals surface area contributed by atoms with E-state index in [4.69, 9.17) is 0 Å². The van der Waals surface area contributed by atoms with Crippen molar-refractivity contribution in [1.82, 2.24) is 9.61 Å². The second-order valence-electron chi connectivity index (χ2n) is 4.59. The summed E-state index contributed by atoms with van der Waals surface area (Å²) < 4.78 is 15.1. The van der Waals surface area contributed by atoms with E-state index in [2.05, 4.69) is 5.10 Å². The molecule has 3 rings (SSSR count). The molecular formula is C16H11FN2O2. The number of benzene rings is 1. The Morgan fingerprint density at radius 3 is 2.52 bits per heavy atom. The molecule has 0 bridgehead atoms. The molecule has 4 nitrogen and oxygen atoms in total. The van der Waals surface area contributed by atoms with Crippen LogP contribution in [-0.4, -0.2) is 21.2 Å². The number of hydrogen-bond donors (Lipinski definition) is 0. The molecule has 0 N–H and O–H groups in total. The Kier molecular flexibility index (Phi) is 3.31. The van der Waals surface area contributed by atoms with E-state index in [1.54, 1.807) is 35.0 Å². The number of hydrogen-bond acceptors (Lipinski definition) is 3. The molecule has 0 saturated carbocycles. The Morgan fingerprint density at radius 1 is 1.00 bits per heavy atom. The first-order chi connectivity index (χ1) is 10.2. The van der Waals surface area contributed by atoms with Crippen LogP contribution in [0, 0.1) is 5.82 Å². The normalized spacial score (nSPS) is 10.7. The van der Waals surface area contributed by atoms with Crippen LogP contribution < -0.4 is 0 Å². The highest BCUT2D eigenvalue weighted by Gasteiger charge is 2.19. The molecule has 2 heterocycles. The van der Waals surface area contributed by atoms with Crippen molar-refractivity contribution >= 4 is 17.1 Å². The number of pyridine rings is 1. The molecule has 3 aromatic rings. The van der Waals surface area contributed by atoms with Gasteiger partial charge in [0, 0.05) is 6.20 Å². The molecule has 0 aliphatic rings. The molecule has 0 radical (unpaired) electrons. The third kappa shape index (κ3) is 2.45. The van der Waals surface area contributed by atoms with Crippen molar-refractivity contribution in [3.63, 3.8) is 0 Å². The van der Waals surface area contributed by atoms with Crippen molar-refractivity contribution in [2.75, 3.05) is 0 Å². The average molecular weight is 282 g/mol. The highest BCUT2D eigenvalue weighted by atomic mass is 19.1. The summed E-state index contributed by atoms with van der Waals surface area (Å²) in [5.41, 5.74) is 0.923. The lowest BCUT2D eigenvalue weighted by Gasteiger charge is -2.01. The predicted molar refractivity (Wildman–Crippen MR) is 74.9 cm³/mol. The van der Waals surface area contributed by atoms with Gasteiger partial charge in [0.15, 0.2) is 11.6 Å². The van der Waals surface area contributed by atoms with Crippen molar-refractivity contribution in [3.8, 4) is 0 Å². The third-order valence-corrected chi connectivity index (χ3v) is 3.22. The van der Waals surface area contributed by atoms with Gasteiger partial charge in [-0.2, -0.15) is 5.10 Å². The van der Waals surface area contributed by atoms with Gasteiger partial charge in [-0.25, -0.2) is 8.91 Å². The molecule has 104 valence electrons. The number of halogens is 1. The van der Waals surface area contributed by atoms with Gasteiger partial charge in [-0.05, 0) is 24.3 Å². The van der Waals surface area contributed by atoms with Gasteiger partial charge in [-0.3, -0.25) is 9.59 Å². The van der Waals surface area contributed by atoms with E-state index in [-0.39, 0.29) is 17.8 Å². The van der Waals surface area contributed by atoms with Crippen LogP contribution in [0.4, 0.5) is 4.39 Å². The number of nitrogens with zero attached hydrogens (tertiary/aromatic N) is 2. The summed E-state index contributed by atoms with van der Waals surface area (Å²) in [7, 11) is 0. The molecule has 0 aliphatic carbocycles. The lowest BCUT2D eigenvalue weighted by Crippen LogP contribution is -2.10. The molecule has 0 unspecified atom stereocenters. The lowest BCUT2D eigenvalue weighted by molar-refractivity contribution is 0.0893. The molecule has 0 fully saturated rings. The quantitative estimate of drug-likeness (QED) is 0.546. The fourth-order valence-corrected chi connectivity index (χ4v) is 2.17. The van der Waals surface area contributed by atoms with E-state index >= 15 is 0 Å². The zero-order valence-corrected chi connectivity index (χ0v) is 11.0. The Labute approximate surface area is 119 Å². The summed E-state index contributed by atoms with van der Waals surface area (Å²) in [4.78, 5) is 24.2. The minimum Gasteiger partial charge on any atom is -0.294 e. The summed E-state index contributed by atoms with van der Waals surface area (Å²) in [5.74, 6) is -1.52. The first-order valence-electron chi connectivity index (χ1n) is 6.40. The van der Waals surface area contributed by atoms with Gasteiger partial charge in [-0.15, -0.1) is 0 Å². The van der Waals surface area contributed by atoms with Gasteiger partial charge in [0.1, 0.15) is 5.82 Å². The van der Waals surface area contributed by atoms with E-state index in [9.17, 15) is 14.0 Å². The van der Waals surface area contributed by atoms with Crippen molar-refractivity contribution in [1.29, 1.82) is 0 Å². The number of aromatic nitrogens is 2. The van der Waals surface area contributed by atoms with Crippen LogP contribution in [0.2, 0.25) is 0 Å². The molecule has 1 aromatic carbocycles. The molecule has 0 amide bonds. The first-order valence-corrected chi connectivity index (χ1v) is 6.40. The fraction of sp³-hybridized carbons (Fsp3) is 0.0625. The van der Waals surface area contributed by atoms with Crippen molar-refractivity contribution < 1.29 is 14.0 Å². The van der Waals surface area contributed by atoms with Gasteiger partial charge >= 0.3 is 0 Å². The second kappa shape index (κ2) is 5.28. The highest BCUT2D eigenvalue weighted by molar-refractivity contribution is 6.15. The smallest absolute Gasteiger partial charge is 0.174 e. The Balaban J connectivity index is 1.87. The maximum Gasteiger partial charge on any atom is 0.174 e. The van der Waals surface area contributed by atoms with E-state index in [1.807, 2.05) is 0 Å². The number of ketones is 2. The summed E-state index contributed by atoms with van der Waals surface area (Å²) in [6.45, 7) is 0. The van der Waals surface area contributed by atoms with E-state index in [1.165, 1.54) is 24.4 Å². The van der Waals surface area contributed by atoms with E-state index in [0.717, 1.165) is 0 Å². The monoisotopic (exact) mass is 282 g/mol. The lowest BCUT2D eigenvalue weighted by atomic mass is 10.0. The summed E-state index contributed by atoms with van der Waals surface area (Å²) in [6.07, 6.45) is 2.76. The third-order valence-electron chi connectivity index (χ3n) is 3.22. The Bertz CT molecular complexity index is 839. The van der Waals surface area contributed by atoms with Gasteiger partial charge in [0.2, 0.25) is 0 Å². The fourth-order valence-electron chi connectivity index (χ4n) is 2.17. The Hall–Kier alpha value is -2.82. The first kappa shape index (κ1) is 13.2. The van der Waals surface area contributed by atoms with Crippen molar-refractivity contribution in [3.05, 3.63) is 71.8 Å². The number of carbonyl (C=O) groups excluding carboxylic acids is 2. The summed E-state index contributed by atoms with van der Waals surface area (Å²) in [5, 5.41) is 4.05. The topological polar surface area (TPSA) is 51.4 Å². The minimum atomic E-state index is -0.616. The summed E-state index contributed by atoms with van der Waals surface area (Å²) >= 11 is 0. The van der Waals surface area contributed by atoms with Crippen molar-refractivity contribution in [2.24, 2.45) is 0 Å². The molecule has 5 heteroatoms. The second-order valence-corrected chi connectivity index (χ2v) is 4.59. The number of rotatable bonds is 4. The van der Waals surface area contributed by atoms with Crippen LogP contribution in [0.1, 0.15) is 27.1 Å². The average Bonchev–Trinajstić information content (AvgIpc) is 2.91. The number of carbonyl (C=O) groups is 2. The van der Waals surface area contributed by atoms with Crippen LogP contribution in [0.5, 0.6) is 0 Å². The SMILES string of the molecule is O=C(CC(=O)c1cnn2ccccc12)c1ccccc1F. The van der Waals surface area contributed by atoms with Crippen molar-refractivity contribution in [2.45, 2.75) is 6.42 Å². The highest BCUT2D eigenvalue weighted by Crippen LogP contribution is 2.15. The molecular weight excluding hydrogens is 271 g/mol. The van der Waals surface area contributed by atoms with E-state index in [0.29, 0.717) is 11.1 Å². The van der Waals surface area contributed by atoms with Crippen LogP contribution >= 0.6 is 0 Å². The van der Waals surface area contributed by atoms with Crippen LogP contribution in [-0.2, 0) is 0 Å². The molecule has 2 aromatic heterocycles. The standard InChI is InChI=1S/C16H11FN2O2/c17-13-6-2-1-5-11(13)15(20)9-16(21)12-10-18-19-8-4-3-7-14(12)19/h1-8,10H,9H2. The summed E-state index contributed by atoms with van der Waals surface area (Å²) in [6, 6.07) is 11.0. The minimum absolute atomic E-state index is 0.0673. The van der Waals surface area contributed by atoms with Gasteiger partial charge in [0.05, 0.1) is 29.3 Å². The largest absolute Gasteiger partial charge is 0.294 e. The predicted octanol–water partition coefficient (Wildman–Crippen LogP) is 2.93. The molecule has 0 spiro atoms. The van der Waals surface area contributed by atoms with Crippen LogP contribution in [0.3, 0.4) is 0 Å². The zero-order chi connectivity index (χ0) is 14.8. The van der Waals surface area contributed by atoms with Gasteiger partial charge in [-0.1, -0.05) is 18.2 Å². The Morgan fingerprint density at radius 2 is 1.71 bits per heavy atom. The van der Waals surface area contributed by atoms with Gasteiger partial charge < -0.3 is 0 Å². The maximum atomic E-state index is 13.5. The zero-order valence-electron chi connectivity index (χ0n) is 11.0. The maximum absolute atomic E-state index is 13.5. The molecule has 0 saturated heterocycles. The van der Waals surface area contributed by atoms with Gasteiger partial charge in [0.25, 0.3) is 0 Å². The number of Topliss-reactive ketones (excluding diaryl/α,β-unsaturated/α-hetero) is 2. The molecule has 0 atom stereocenters. The van der Waals surface area contributed by atoms with E-state index < -0.39 is 11.6 Å². The van der Waals surface area contributed by atoms with Crippen LogP contribution in [0.25, 0.3) is 5.52 Å².